The Hall–Kier alpha value is -0.830. The summed E-state index contributed by atoms with van der Waals surface area (Å²) in [4.78, 5) is 11.2. The Morgan fingerprint density at radius 3 is 1.78 bits per heavy atom. The molecule has 3 nitrogen and oxygen atoms in total. The molecule has 1 amide bonds. The highest BCUT2D eigenvalue weighted by Gasteiger charge is 1.94. The van der Waals surface area contributed by atoms with Crippen LogP contribution >= 0.6 is 0 Å². The first-order chi connectivity index (χ1) is 11.3. The molecular formula is C20H39NO2. The summed E-state index contributed by atoms with van der Waals surface area (Å²) in [6.45, 7) is 2.60. The normalized spacial score (nSPS) is 11.2. The van der Waals surface area contributed by atoms with E-state index < -0.39 is 0 Å². The van der Waals surface area contributed by atoms with Crippen LogP contribution in [-0.4, -0.2) is 24.2 Å². The van der Waals surface area contributed by atoms with Crippen molar-refractivity contribution < 1.29 is 9.90 Å². The van der Waals surface area contributed by atoms with Gasteiger partial charge in [-0.05, 0) is 18.9 Å². The van der Waals surface area contributed by atoms with Crippen LogP contribution in [0.1, 0.15) is 96.8 Å². The van der Waals surface area contributed by atoms with Crippen molar-refractivity contribution in [1.29, 1.82) is 0 Å². The molecule has 136 valence electrons. The molecule has 0 unspecified atom stereocenters. The van der Waals surface area contributed by atoms with Crippen LogP contribution in [0.4, 0.5) is 0 Å². The van der Waals surface area contributed by atoms with Gasteiger partial charge in [0.15, 0.2) is 0 Å². The average Bonchev–Trinajstić information content (AvgIpc) is 2.56. The van der Waals surface area contributed by atoms with Gasteiger partial charge in [0, 0.05) is 6.54 Å². The molecule has 0 radical (unpaired) electrons. The maximum Gasteiger partial charge on any atom is 0.243 e. The van der Waals surface area contributed by atoms with E-state index >= 15 is 0 Å². The predicted molar refractivity (Wildman–Crippen MR) is 99.5 cm³/mol. The lowest BCUT2D eigenvalue weighted by atomic mass is 10.0. The quantitative estimate of drug-likeness (QED) is 0.287. The van der Waals surface area contributed by atoms with Crippen molar-refractivity contribution in [2.24, 2.45) is 0 Å². The van der Waals surface area contributed by atoms with Gasteiger partial charge in [0.25, 0.3) is 0 Å². The molecule has 0 saturated carbocycles. The third kappa shape index (κ3) is 19.1. The second-order valence-electron chi connectivity index (χ2n) is 6.45. The predicted octanol–water partition coefficient (Wildman–Crippen LogP) is 5.13. The molecule has 0 aromatic rings. The number of amides is 1. The molecule has 2 N–H and O–H groups in total. The lowest BCUT2D eigenvalue weighted by Gasteiger charge is -2.02. The Labute approximate surface area is 143 Å². The Morgan fingerprint density at radius 1 is 0.826 bits per heavy atom. The number of rotatable bonds is 17. The fourth-order valence-corrected chi connectivity index (χ4v) is 2.71. The van der Waals surface area contributed by atoms with Crippen molar-refractivity contribution >= 4 is 5.91 Å². The monoisotopic (exact) mass is 325 g/mol. The third-order valence-electron chi connectivity index (χ3n) is 4.15. The van der Waals surface area contributed by atoms with Crippen molar-refractivity contribution in [2.45, 2.75) is 96.8 Å². The Bertz CT molecular complexity index is 277. The van der Waals surface area contributed by atoms with Crippen LogP contribution < -0.4 is 5.32 Å². The number of aliphatic hydroxyl groups excluding tert-OH is 1. The van der Waals surface area contributed by atoms with Crippen LogP contribution in [0.5, 0.6) is 0 Å². The number of carbonyl (C=O) groups excluding carboxylic acids is 1. The molecule has 0 aliphatic heterocycles. The maximum atomic E-state index is 11.2. The summed E-state index contributed by atoms with van der Waals surface area (Å²) < 4.78 is 0. The smallest absolute Gasteiger partial charge is 0.243 e. The van der Waals surface area contributed by atoms with Crippen LogP contribution in [0.25, 0.3) is 0 Å². The van der Waals surface area contributed by atoms with E-state index in [9.17, 15) is 4.79 Å². The number of nitrogens with one attached hydrogen (secondary N) is 1. The average molecular weight is 326 g/mol. The molecule has 0 fully saturated rings. The van der Waals surface area contributed by atoms with Crippen LogP contribution in [0.15, 0.2) is 12.2 Å². The molecule has 0 spiro atoms. The minimum Gasteiger partial charge on any atom is -0.395 e. The standard InChI is InChI=1S/C20H39NO2/c1-2-3-4-5-6-7-8-9-10-11-12-13-14-15-16-17-20(23)21-18-19-22/h16-17,22H,2-15,18-19H2,1H3,(H,21,23)/b17-16+. The first kappa shape index (κ1) is 22.2. The number of hydrogen-bond donors (Lipinski definition) is 2. The molecule has 0 bridgehead atoms. The van der Waals surface area contributed by atoms with Crippen molar-refractivity contribution in [3.63, 3.8) is 0 Å². The zero-order valence-corrected chi connectivity index (χ0v) is 15.3. The Morgan fingerprint density at radius 2 is 1.30 bits per heavy atom. The van der Waals surface area contributed by atoms with E-state index in [1.807, 2.05) is 6.08 Å². The van der Waals surface area contributed by atoms with Gasteiger partial charge in [-0.1, -0.05) is 90.0 Å². The summed E-state index contributed by atoms with van der Waals surface area (Å²) in [6.07, 6.45) is 22.3. The number of aliphatic hydroxyl groups is 1. The van der Waals surface area contributed by atoms with E-state index in [-0.39, 0.29) is 12.5 Å². The molecule has 0 aliphatic rings. The summed E-state index contributed by atoms with van der Waals surface area (Å²) in [7, 11) is 0. The molecule has 0 aromatic heterocycles. The first-order valence-corrected chi connectivity index (χ1v) is 9.86. The fraction of sp³-hybridized carbons (Fsp3) is 0.850. The number of allylic oxidation sites excluding steroid dienone is 1. The molecule has 0 rings (SSSR count). The van der Waals surface area contributed by atoms with Gasteiger partial charge in [-0.3, -0.25) is 4.79 Å². The molecule has 0 atom stereocenters. The van der Waals surface area contributed by atoms with Crippen LogP contribution in [0, 0.1) is 0 Å². The van der Waals surface area contributed by atoms with Gasteiger partial charge in [0.1, 0.15) is 0 Å². The highest BCUT2D eigenvalue weighted by molar-refractivity contribution is 5.87. The first-order valence-electron chi connectivity index (χ1n) is 9.86. The minimum atomic E-state index is -0.103. The molecule has 0 saturated heterocycles. The molecule has 23 heavy (non-hydrogen) atoms. The topological polar surface area (TPSA) is 49.3 Å². The van der Waals surface area contributed by atoms with E-state index in [2.05, 4.69) is 12.2 Å². The van der Waals surface area contributed by atoms with Crippen molar-refractivity contribution in [1.82, 2.24) is 5.32 Å². The summed E-state index contributed by atoms with van der Waals surface area (Å²) in [6, 6.07) is 0. The molecule has 0 aromatic carbocycles. The second-order valence-corrected chi connectivity index (χ2v) is 6.45. The Balaban J connectivity index is 3.13. The SMILES string of the molecule is CCCCCCCCCCCCCCC/C=C/C(=O)NCCO. The van der Waals surface area contributed by atoms with Gasteiger partial charge in [-0.2, -0.15) is 0 Å². The fourth-order valence-electron chi connectivity index (χ4n) is 2.71. The van der Waals surface area contributed by atoms with Gasteiger partial charge in [-0.15, -0.1) is 0 Å². The molecule has 3 heteroatoms. The van der Waals surface area contributed by atoms with Crippen molar-refractivity contribution in [3.05, 3.63) is 12.2 Å². The lowest BCUT2D eigenvalue weighted by Crippen LogP contribution is -2.24. The minimum absolute atomic E-state index is 0.00155. The zero-order chi connectivity index (χ0) is 17.0. The largest absolute Gasteiger partial charge is 0.395 e. The van der Waals surface area contributed by atoms with Crippen molar-refractivity contribution in [3.8, 4) is 0 Å². The molecule has 0 heterocycles. The Kier molecular flexibility index (Phi) is 18.5. The van der Waals surface area contributed by atoms with Gasteiger partial charge in [-0.25, -0.2) is 0 Å². The van der Waals surface area contributed by atoms with Crippen molar-refractivity contribution in [2.75, 3.05) is 13.2 Å². The molecule has 0 aliphatic carbocycles. The van der Waals surface area contributed by atoms with Gasteiger partial charge in [0.2, 0.25) is 5.91 Å². The lowest BCUT2D eigenvalue weighted by molar-refractivity contribution is -0.116. The zero-order valence-electron chi connectivity index (χ0n) is 15.3. The summed E-state index contributed by atoms with van der Waals surface area (Å²) in [5, 5.41) is 11.2. The van der Waals surface area contributed by atoms with E-state index in [0.717, 1.165) is 6.42 Å². The number of carbonyl (C=O) groups is 1. The maximum absolute atomic E-state index is 11.2. The highest BCUT2D eigenvalue weighted by Crippen LogP contribution is 2.12. The van der Waals surface area contributed by atoms with Gasteiger partial charge < -0.3 is 10.4 Å². The third-order valence-corrected chi connectivity index (χ3v) is 4.15. The van der Waals surface area contributed by atoms with E-state index in [1.54, 1.807) is 6.08 Å². The van der Waals surface area contributed by atoms with Crippen LogP contribution in [0.2, 0.25) is 0 Å². The summed E-state index contributed by atoms with van der Waals surface area (Å²) >= 11 is 0. The van der Waals surface area contributed by atoms with Crippen LogP contribution in [-0.2, 0) is 4.79 Å². The number of unbranched alkanes of at least 4 members (excludes halogenated alkanes) is 13. The van der Waals surface area contributed by atoms with Crippen LogP contribution in [0.3, 0.4) is 0 Å². The van der Waals surface area contributed by atoms with Gasteiger partial charge >= 0.3 is 0 Å². The van der Waals surface area contributed by atoms with E-state index in [4.69, 9.17) is 5.11 Å². The number of hydrogen-bond acceptors (Lipinski definition) is 2. The van der Waals surface area contributed by atoms with Gasteiger partial charge in [0.05, 0.1) is 6.61 Å². The second kappa shape index (κ2) is 19.2. The van der Waals surface area contributed by atoms with E-state index in [1.165, 1.54) is 83.5 Å². The van der Waals surface area contributed by atoms with E-state index in [0.29, 0.717) is 6.54 Å². The summed E-state index contributed by atoms with van der Waals surface area (Å²) in [5.74, 6) is -0.103. The molecular weight excluding hydrogens is 286 g/mol. The highest BCUT2D eigenvalue weighted by atomic mass is 16.3. The summed E-state index contributed by atoms with van der Waals surface area (Å²) in [5.41, 5.74) is 0.